The number of thiophene rings is 1. The van der Waals surface area contributed by atoms with E-state index in [1.54, 1.807) is 0 Å². The average Bonchev–Trinajstić information content (AvgIpc) is 3.60. The van der Waals surface area contributed by atoms with Gasteiger partial charge in [0.2, 0.25) is 0 Å². The van der Waals surface area contributed by atoms with Gasteiger partial charge in [0, 0.05) is 59.7 Å². The first-order chi connectivity index (χ1) is 26.2. The van der Waals surface area contributed by atoms with E-state index >= 15 is 0 Å². The van der Waals surface area contributed by atoms with Crippen LogP contribution in [0.3, 0.4) is 0 Å². The van der Waals surface area contributed by atoms with E-state index in [0.717, 1.165) is 41.3 Å². The fourth-order valence-corrected chi connectivity index (χ4v) is 9.19. The highest BCUT2D eigenvalue weighted by atomic mass is 32.1. The minimum atomic E-state index is -0.0931. The summed E-state index contributed by atoms with van der Waals surface area (Å²) in [6, 6.07) is 66.6. The van der Waals surface area contributed by atoms with Crippen LogP contribution in [0, 0.1) is 0 Å². The van der Waals surface area contributed by atoms with Gasteiger partial charge in [-0.2, -0.15) is 0 Å². The van der Waals surface area contributed by atoms with Gasteiger partial charge >= 0.3 is 0 Å². The van der Waals surface area contributed by atoms with Crippen molar-refractivity contribution in [3.05, 3.63) is 193 Å². The van der Waals surface area contributed by atoms with Crippen LogP contribution >= 0.6 is 11.3 Å². The van der Waals surface area contributed by atoms with Crippen LogP contribution in [0.2, 0.25) is 0 Å². The van der Waals surface area contributed by atoms with Crippen LogP contribution in [0.1, 0.15) is 57.1 Å². The summed E-state index contributed by atoms with van der Waals surface area (Å²) in [6.07, 6.45) is 5.77. The normalized spacial score (nSPS) is 12.5. The molecule has 0 amide bonds. The molecule has 0 spiro atoms. The summed E-state index contributed by atoms with van der Waals surface area (Å²) in [5, 5.41) is 2.65. The second-order valence-corrected chi connectivity index (χ2v) is 15.0. The zero-order valence-electron chi connectivity index (χ0n) is 30.7. The third-order valence-corrected chi connectivity index (χ3v) is 12.0. The number of benzene rings is 7. The van der Waals surface area contributed by atoms with Gasteiger partial charge in [-0.3, -0.25) is 0 Å². The van der Waals surface area contributed by atoms with Crippen LogP contribution in [0.25, 0.3) is 20.2 Å². The lowest BCUT2D eigenvalue weighted by Gasteiger charge is -2.36. The first-order valence-corrected chi connectivity index (χ1v) is 19.9. The summed E-state index contributed by atoms with van der Waals surface area (Å²) >= 11 is 1.87. The molecular weight excluding hydrogens is 661 g/mol. The molecule has 1 aromatic heterocycles. The van der Waals surface area contributed by atoms with Crippen LogP contribution < -0.4 is 9.80 Å². The minimum absolute atomic E-state index is 0.0931. The molecule has 0 saturated heterocycles. The van der Waals surface area contributed by atoms with Crippen molar-refractivity contribution in [1.29, 1.82) is 0 Å². The molecule has 7 aromatic carbocycles. The summed E-state index contributed by atoms with van der Waals surface area (Å²) in [5.74, 6) is 0. The molecule has 0 bridgehead atoms. The van der Waals surface area contributed by atoms with E-state index in [4.69, 9.17) is 0 Å². The molecule has 2 nitrogen and oxygen atoms in total. The van der Waals surface area contributed by atoms with Gasteiger partial charge in [0.05, 0.1) is 0 Å². The Morgan fingerprint density at radius 2 is 0.849 bits per heavy atom. The fraction of sp³-hybridized carbons (Fsp3) is 0.160. The van der Waals surface area contributed by atoms with E-state index in [1.165, 1.54) is 56.2 Å². The Morgan fingerprint density at radius 3 is 1.36 bits per heavy atom. The number of hydrogen-bond donors (Lipinski definition) is 0. The van der Waals surface area contributed by atoms with Crippen molar-refractivity contribution in [1.82, 2.24) is 0 Å². The maximum Gasteiger partial charge on any atom is 0.0476 e. The van der Waals surface area contributed by atoms with Crippen molar-refractivity contribution < 1.29 is 0 Å². The van der Waals surface area contributed by atoms with E-state index in [-0.39, 0.29) is 5.41 Å². The zero-order valence-corrected chi connectivity index (χ0v) is 31.5. The number of anilines is 6. The second kappa shape index (κ2) is 15.5. The quantitative estimate of drug-likeness (QED) is 0.110. The van der Waals surface area contributed by atoms with Gasteiger partial charge in [-0.1, -0.05) is 136 Å². The van der Waals surface area contributed by atoms with Crippen molar-refractivity contribution in [2.24, 2.45) is 0 Å². The van der Waals surface area contributed by atoms with Crippen LogP contribution in [-0.2, 0) is 5.41 Å². The Labute approximate surface area is 318 Å². The number of fused-ring (bicyclic) bond motifs is 3. The average molecular weight is 707 g/mol. The SMILES string of the molecule is CCCCCC(CC)(c1ccc(N(c2ccccc2)c2ccccc2)cc1)c1ccc(N(c2ccccc2)c2ccc3c(c2)sc2ccccc23)cc1. The van der Waals surface area contributed by atoms with E-state index < -0.39 is 0 Å². The first-order valence-electron chi connectivity index (χ1n) is 19.1. The van der Waals surface area contributed by atoms with Crippen LogP contribution in [0.15, 0.2) is 182 Å². The second-order valence-electron chi connectivity index (χ2n) is 13.9. The Morgan fingerprint density at radius 1 is 0.415 bits per heavy atom. The number of unbranched alkanes of at least 4 members (excludes halogenated alkanes) is 2. The molecule has 0 aliphatic carbocycles. The van der Waals surface area contributed by atoms with Crippen molar-refractivity contribution in [2.75, 3.05) is 9.80 Å². The molecule has 1 unspecified atom stereocenters. The first kappa shape index (κ1) is 34.4. The molecule has 1 heterocycles. The van der Waals surface area contributed by atoms with Gasteiger partial charge in [-0.05, 0) is 103 Å². The van der Waals surface area contributed by atoms with E-state index in [0.29, 0.717) is 0 Å². The molecule has 3 heteroatoms. The maximum atomic E-state index is 2.40. The topological polar surface area (TPSA) is 6.48 Å². The zero-order chi connectivity index (χ0) is 36.0. The third-order valence-electron chi connectivity index (χ3n) is 10.8. The van der Waals surface area contributed by atoms with Gasteiger partial charge in [-0.25, -0.2) is 0 Å². The highest BCUT2D eigenvalue weighted by molar-refractivity contribution is 7.25. The number of rotatable bonds is 13. The predicted octanol–water partition coefficient (Wildman–Crippen LogP) is 15.3. The van der Waals surface area contributed by atoms with Gasteiger partial charge in [0.25, 0.3) is 0 Å². The molecule has 0 aliphatic rings. The number of nitrogens with zero attached hydrogens (tertiary/aromatic N) is 2. The highest BCUT2D eigenvalue weighted by Crippen LogP contribution is 2.45. The van der Waals surface area contributed by atoms with Crippen molar-refractivity contribution in [3.8, 4) is 0 Å². The molecule has 53 heavy (non-hydrogen) atoms. The Balaban J connectivity index is 1.18. The van der Waals surface area contributed by atoms with Gasteiger partial charge < -0.3 is 9.80 Å². The Hall–Kier alpha value is -5.64. The molecular formula is C50H46N2S. The monoisotopic (exact) mass is 706 g/mol. The van der Waals surface area contributed by atoms with Crippen LogP contribution in [0.5, 0.6) is 0 Å². The molecule has 0 fully saturated rings. The lowest BCUT2D eigenvalue weighted by Crippen LogP contribution is -2.27. The maximum absolute atomic E-state index is 2.40. The molecule has 8 aromatic rings. The molecule has 262 valence electrons. The van der Waals surface area contributed by atoms with E-state index in [1.807, 2.05) is 11.3 Å². The highest BCUT2D eigenvalue weighted by Gasteiger charge is 2.32. The van der Waals surface area contributed by atoms with Crippen LogP contribution in [0.4, 0.5) is 34.1 Å². The van der Waals surface area contributed by atoms with Crippen LogP contribution in [-0.4, -0.2) is 0 Å². The largest absolute Gasteiger partial charge is 0.311 e. The number of hydrogen-bond acceptors (Lipinski definition) is 3. The lowest BCUT2D eigenvalue weighted by atomic mass is 9.69. The molecule has 0 aliphatic heterocycles. The lowest BCUT2D eigenvalue weighted by molar-refractivity contribution is 0.431. The molecule has 0 saturated carbocycles. The summed E-state index contributed by atoms with van der Waals surface area (Å²) < 4.78 is 2.64. The third kappa shape index (κ3) is 6.86. The van der Waals surface area contributed by atoms with E-state index in [2.05, 4.69) is 206 Å². The molecule has 8 rings (SSSR count). The molecule has 0 N–H and O–H groups in total. The molecule has 0 radical (unpaired) electrons. The summed E-state index contributed by atoms with van der Waals surface area (Å²) in [5.41, 5.74) is 9.62. The van der Waals surface area contributed by atoms with E-state index in [9.17, 15) is 0 Å². The fourth-order valence-electron chi connectivity index (χ4n) is 8.06. The van der Waals surface area contributed by atoms with Gasteiger partial charge in [0.15, 0.2) is 0 Å². The van der Waals surface area contributed by atoms with Gasteiger partial charge in [0.1, 0.15) is 0 Å². The summed E-state index contributed by atoms with van der Waals surface area (Å²) in [6.45, 7) is 4.66. The number of para-hydroxylation sites is 3. The van der Waals surface area contributed by atoms with Crippen molar-refractivity contribution in [3.63, 3.8) is 0 Å². The minimum Gasteiger partial charge on any atom is -0.311 e. The smallest absolute Gasteiger partial charge is 0.0476 e. The van der Waals surface area contributed by atoms with Crippen molar-refractivity contribution >= 4 is 65.6 Å². The summed E-state index contributed by atoms with van der Waals surface area (Å²) in [7, 11) is 0. The predicted molar refractivity (Wildman–Crippen MR) is 230 cm³/mol. The Bertz CT molecular complexity index is 2340. The standard InChI is InChI=1S/C50H46N2S/c1-3-5-17-36-50(4-2,38-26-30-43(31-27-38)51(40-18-9-6-10-19-40)41-20-11-7-12-21-41)39-28-32-44(33-29-39)52(42-22-13-8-14-23-42)45-34-35-47-46-24-15-16-25-48(46)53-49(47)37-45/h6-16,18-35,37H,3-5,17,36H2,1-2H3. The summed E-state index contributed by atoms with van der Waals surface area (Å²) in [4.78, 5) is 4.74. The van der Waals surface area contributed by atoms with Gasteiger partial charge in [-0.15, -0.1) is 11.3 Å². The van der Waals surface area contributed by atoms with Crippen molar-refractivity contribution in [2.45, 2.75) is 51.4 Å². The Kier molecular flexibility index (Phi) is 10.1. The molecule has 1 atom stereocenters.